The van der Waals surface area contributed by atoms with Crippen LogP contribution < -0.4 is 4.74 Å². The Morgan fingerprint density at radius 1 is 1.14 bits per heavy atom. The van der Waals surface area contributed by atoms with Crippen LogP contribution in [0, 0.1) is 5.82 Å². The van der Waals surface area contributed by atoms with Crippen molar-refractivity contribution in [2.75, 3.05) is 44.7 Å². The van der Waals surface area contributed by atoms with Gasteiger partial charge >= 0.3 is 0 Å². The van der Waals surface area contributed by atoms with Crippen molar-refractivity contribution in [1.29, 1.82) is 0 Å². The lowest BCUT2D eigenvalue weighted by molar-refractivity contribution is 0.0636. The number of piperazine rings is 1. The average molecular weight is 410 g/mol. The van der Waals surface area contributed by atoms with Gasteiger partial charge in [0.2, 0.25) is 0 Å². The maximum Gasteiger partial charge on any atom is 0.274 e. The van der Waals surface area contributed by atoms with Crippen LogP contribution in [0.1, 0.15) is 10.5 Å². The van der Waals surface area contributed by atoms with Crippen LogP contribution in [-0.2, 0) is 16.6 Å². The minimum Gasteiger partial charge on any atom is -0.471 e. The second-order valence-corrected chi connectivity index (χ2v) is 8.99. The number of halogens is 1. The van der Waals surface area contributed by atoms with Crippen LogP contribution in [0.25, 0.3) is 0 Å². The van der Waals surface area contributed by atoms with Crippen molar-refractivity contribution in [3.8, 4) is 5.75 Å². The molecule has 1 fully saturated rings. The monoisotopic (exact) mass is 410 g/mol. The van der Waals surface area contributed by atoms with Gasteiger partial charge in [0, 0.05) is 45.2 Å². The summed E-state index contributed by atoms with van der Waals surface area (Å²) in [5, 5.41) is 4.24. The summed E-state index contributed by atoms with van der Waals surface area (Å²) in [6.07, 6.45) is 2.88. The first kappa shape index (κ1) is 20.3. The largest absolute Gasteiger partial charge is 0.471 e. The van der Waals surface area contributed by atoms with Crippen molar-refractivity contribution in [3.05, 3.63) is 48.0 Å². The lowest BCUT2D eigenvalue weighted by Gasteiger charge is -2.34. The number of carbonyl (C=O) groups excluding carboxylic acids is 1. The normalized spacial score (nSPS) is 15.6. The van der Waals surface area contributed by atoms with E-state index in [1.807, 2.05) is 4.90 Å². The van der Waals surface area contributed by atoms with Crippen molar-refractivity contribution >= 4 is 15.7 Å². The molecule has 2 aromatic rings. The molecule has 3 rings (SSSR count). The molecular weight excluding hydrogens is 387 g/mol. The number of nitrogens with zero attached hydrogens (tertiary/aromatic N) is 4. The molecule has 0 atom stereocenters. The number of hydrogen-bond donors (Lipinski definition) is 0. The van der Waals surface area contributed by atoms with Crippen LogP contribution >= 0.6 is 0 Å². The van der Waals surface area contributed by atoms with Gasteiger partial charge in [0.25, 0.3) is 5.91 Å². The molecule has 0 N–H and O–H groups in total. The summed E-state index contributed by atoms with van der Waals surface area (Å²) in [7, 11) is -2.99. The highest BCUT2D eigenvalue weighted by atomic mass is 32.2. The molecule has 0 bridgehead atoms. The fourth-order valence-corrected chi connectivity index (χ4v) is 3.44. The third kappa shape index (κ3) is 5.77. The first-order valence-electron chi connectivity index (χ1n) is 8.91. The van der Waals surface area contributed by atoms with Crippen LogP contribution in [0.5, 0.6) is 5.75 Å². The number of rotatable bonds is 7. The minimum atomic E-state index is -2.99. The highest BCUT2D eigenvalue weighted by Crippen LogP contribution is 2.12. The van der Waals surface area contributed by atoms with Crippen molar-refractivity contribution in [1.82, 2.24) is 19.6 Å². The zero-order chi connectivity index (χ0) is 20.1. The lowest BCUT2D eigenvalue weighted by Crippen LogP contribution is -2.49. The molecule has 1 aromatic heterocycles. The standard InChI is InChI=1S/C18H23FN4O4S/c1-28(25,26)13-12-21-8-10-22(11-9-21)18(24)17-6-7-23(20-17)14-27-16-4-2-15(19)3-5-16/h2-7H,8-14H2,1H3. The second kappa shape index (κ2) is 8.70. The Morgan fingerprint density at radius 3 is 2.46 bits per heavy atom. The summed E-state index contributed by atoms with van der Waals surface area (Å²) in [6, 6.07) is 7.29. The molecule has 0 aliphatic carbocycles. The summed E-state index contributed by atoms with van der Waals surface area (Å²) >= 11 is 0. The number of hydrogen-bond acceptors (Lipinski definition) is 6. The van der Waals surface area contributed by atoms with Gasteiger partial charge < -0.3 is 9.64 Å². The Bertz CT molecular complexity index is 906. The minimum absolute atomic E-state index is 0.109. The van der Waals surface area contributed by atoms with Gasteiger partial charge in [0.05, 0.1) is 5.75 Å². The highest BCUT2D eigenvalue weighted by molar-refractivity contribution is 7.90. The Kier molecular flexibility index (Phi) is 6.30. The van der Waals surface area contributed by atoms with Gasteiger partial charge in [-0.2, -0.15) is 5.10 Å². The Balaban J connectivity index is 1.48. The van der Waals surface area contributed by atoms with Crippen LogP contribution in [-0.4, -0.2) is 78.6 Å². The van der Waals surface area contributed by atoms with E-state index < -0.39 is 9.84 Å². The fourth-order valence-electron chi connectivity index (χ4n) is 2.85. The van der Waals surface area contributed by atoms with Gasteiger partial charge in [-0.25, -0.2) is 17.5 Å². The lowest BCUT2D eigenvalue weighted by atomic mass is 10.3. The van der Waals surface area contributed by atoms with E-state index in [2.05, 4.69) is 5.10 Å². The van der Waals surface area contributed by atoms with Gasteiger partial charge in [-0.1, -0.05) is 0 Å². The predicted octanol–water partition coefficient (Wildman–Crippen LogP) is 0.861. The van der Waals surface area contributed by atoms with Crippen LogP contribution in [0.15, 0.2) is 36.5 Å². The number of sulfone groups is 1. The molecule has 10 heteroatoms. The third-order valence-corrected chi connectivity index (χ3v) is 5.40. The van der Waals surface area contributed by atoms with Crippen molar-refractivity contribution in [3.63, 3.8) is 0 Å². The first-order valence-corrected chi connectivity index (χ1v) is 11.0. The summed E-state index contributed by atoms with van der Waals surface area (Å²) < 4.78 is 42.4. The average Bonchev–Trinajstić information content (AvgIpc) is 3.14. The van der Waals surface area contributed by atoms with Gasteiger partial charge in [-0.3, -0.25) is 9.69 Å². The predicted molar refractivity (Wildman–Crippen MR) is 101 cm³/mol. The number of carbonyl (C=O) groups is 1. The molecule has 0 unspecified atom stereocenters. The van der Waals surface area contributed by atoms with Crippen LogP contribution in [0.2, 0.25) is 0 Å². The molecule has 0 spiro atoms. The van der Waals surface area contributed by atoms with E-state index in [1.165, 1.54) is 35.2 Å². The molecule has 1 saturated heterocycles. The molecule has 1 aliphatic rings. The van der Waals surface area contributed by atoms with E-state index in [-0.39, 0.29) is 24.2 Å². The second-order valence-electron chi connectivity index (χ2n) is 6.73. The quantitative estimate of drug-likeness (QED) is 0.673. The van der Waals surface area contributed by atoms with E-state index in [9.17, 15) is 17.6 Å². The van der Waals surface area contributed by atoms with E-state index in [1.54, 1.807) is 17.2 Å². The van der Waals surface area contributed by atoms with Gasteiger partial charge in [-0.05, 0) is 30.3 Å². The fraction of sp³-hybridized carbons (Fsp3) is 0.444. The molecule has 152 valence electrons. The molecule has 8 nitrogen and oxygen atoms in total. The SMILES string of the molecule is CS(=O)(=O)CCN1CCN(C(=O)c2ccn(COc3ccc(F)cc3)n2)CC1. The number of amides is 1. The molecule has 1 aliphatic heterocycles. The molecule has 0 saturated carbocycles. The molecule has 28 heavy (non-hydrogen) atoms. The molecule has 1 aromatic carbocycles. The van der Waals surface area contributed by atoms with Crippen molar-refractivity contribution in [2.45, 2.75) is 6.73 Å². The Labute approximate surface area is 163 Å². The maximum absolute atomic E-state index is 12.9. The van der Waals surface area contributed by atoms with Crippen LogP contribution in [0.3, 0.4) is 0 Å². The van der Waals surface area contributed by atoms with E-state index in [0.29, 0.717) is 44.2 Å². The molecule has 0 radical (unpaired) electrons. The molecular formula is C18H23FN4O4S. The molecule has 1 amide bonds. The van der Waals surface area contributed by atoms with Gasteiger partial charge in [-0.15, -0.1) is 0 Å². The third-order valence-electron chi connectivity index (χ3n) is 4.47. The number of aromatic nitrogens is 2. The summed E-state index contributed by atoms with van der Waals surface area (Å²) in [5.41, 5.74) is 0.326. The Hall–Kier alpha value is -2.46. The summed E-state index contributed by atoms with van der Waals surface area (Å²) in [4.78, 5) is 16.4. The van der Waals surface area contributed by atoms with E-state index >= 15 is 0 Å². The zero-order valence-corrected chi connectivity index (χ0v) is 16.4. The van der Waals surface area contributed by atoms with Crippen LogP contribution in [0.4, 0.5) is 4.39 Å². The van der Waals surface area contributed by atoms with Gasteiger partial charge in [0.1, 0.15) is 21.4 Å². The Morgan fingerprint density at radius 2 is 1.82 bits per heavy atom. The maximum atomic E-state index is 12.9. The zero-order valence-electron chi connectivity index (χ0n) is 15.6. The molecule has 2 heterocycles. The summed E-state index contributed by atoms with van der Waals surface area (Å²) in [6.45, 7) is 2.92. The smallest absolute Gasteiger partial charge is 0.274 e. The van der Waals surface area contributed by atoms with Gasteiger partial charge in [0.15, 0.2) is 12.4 Å². The van der Waals surface area contributed by atoms with Crippen molar-refractivity contribution in [2.24, 2.45) is 0 Å². The topological polar surface area (TPSA) is 84.7 Å². The van der Waals surface area contributed by atoms with E-state index in [4.69, 9.17) is 4.74 Å². The van der Waals surface area contributed by atoms with E-state index in [0.717, 1.165) is 0 Å². The first-order chi connectivity index (χ1) is 13.3. The highest BCUT2D eigenvalue weighted by Gasteiger charge is 2.24. The van der Waals surface area contributed by atoms with Crippen molar-refractivity contribution < 1.29 is 22.3 Å². The summed E-state index contributed by atoms with van der Waals surface area (Å²) in [5.74, 6) is 0.133. The number of benzene rings is 1. The number of ether oxygens (including phenoxy) is 1.